The maximum absolute atomic E-state index is 14.1. The zero-order chi connectivity index (χ0) is 26.0. The minimum atomic E-state index is -1.06. The van der Waals surface area contributed by atoms with Crippen molar-refractivity contribution in [1.29, 1.82) is 0 Å². The van der Waals surface area contributed by atoms with Crippen molar-refractivity contribution in [2.75, 3.05) is 26.7 Å². The first-order valence-electron chi connectivity index (χ1n) is 11.5. The van der Waals surface area contributed by atoms with Crippen LogP contribution in [0.3, 0.4) is 0 Å². The Morgan fingerprint density at radius 1 is 0.944 bits per heavy atom. The van der Waals surface area contributed by atoms with Crippen molar-refractivity contribution in [2.24, 2.45) is 5.92 Å². The molecular formula is C28H26Cl2F2N2O2. The maximum atomic E-state index is 14.1. The molecule has 36 heavy (non-hydrogen) atoms. The second-order valence-electron chi connectivity index (χ2n) is 9.15. The number of hydrogen-bond acceptors (Lipinski definition) is 2. The minimum Gasteiger partial charge on any atom is -0.465 e. The normalized spacial score (nSPS) is 14.5. The quantitative estimate of drug-likeness (QED) is 0.346. The van der Waals surface area contributed by atoms with Crippen molar-refractivity contribution in [2.45, 2.75) is 13.0 Å². The fraction of sp³-hybridized carbons (Fsp3) is 0.250. The number of benzene rings is 3. The van der Waals surface area contributed by atoms with Crippen LogP contribution in [0, 0.1) is 17.6 Å². The Morgan fingerprint density at radius 2 is 1.42 bits per heavy atom. The summed E-state index contributed by atoms with van der Waals surface area (Å²) in [6, 6.07) is 18.7. The van der Waals surface area contributed by atoms with Gasteiger partial charge in [-0.3, -0.25) is 4.90 Å². The van der Waals surface area contributed by atoms with Crippen molar-refractivity contribution in [3.63, 3.8) is 0 Å². The van der Waals surface area contributed by atoms with Gasteiger partial charge in [0.1, 0.15) is 11.6 Å². The van der Waals surface area contributed by atoms with Gasteiger partial charge in [0.25, 0.3) is 0 Å². The van der Waals surface area contributed by atoms with Crippen LogP contribution < -0.4 is 0 Å². The molecule has 1 heterocycles. The first-order chi connectivity index (χ1) is 17.1. The van der Waals surface area contributed by atoms with Gasteiger partial charge < -0.3 is 10.0 Å². The van der Waals surface area contributed by atoms with Crippen LogP contribution in [0.1, 0.15) is 29.7 Å². The molecule has 1 fully saturated rings. The Balaban J connectivity index is 1.71. The van der Waals surface area contributed by atoms with E-state index in [1.807, 2.05) is 55.5 Å². The predicted molar refractivity (Wildman–Crippen MR) is 139 cm³/mol. The fourth-order valence-electron chi connectivity index (χ4n) is 4.83. The summed E-state index contributed by atoms with van der Waals surface area (Å²) < 4.78 is 28.3. The summed E-state index contributed by atoms with van der Waals surface area (Å²) >= 11 is 12.2. The number of nitrogens with zero attached hydrogens (tertiary/aromatic N) is 2. The summed E-state index contributed by atoms with van der Waals surface area (Å²) in [6.07, 6.45) is -1.06. The first-order valence-corrected chi connectivity index (χ1v) is 12.3. The number of likely N-dealkylation sites (tertiary alicyclic amines) is 1. The average Bonchev–Trinajstić information content (AvgIpc) is 2.78. The zero-order valence-corrected chi connectivity index (χ0v) is 21.4. The van der Waals surface area contributed by atoms with Crippen molar-refractivity contribution in [3.05, 3.63) is 111 Å². The molecule has 4 nitrogen and oxygen atoms in total. The molecule has 0 bridgehead atoms. The number of rotatable bonds is 7. The molecule has 1 unspecified atom stereocenters. The Bertz CT molecular complexity index is 1210. The van der Waals surface area contributed by atoms with E-state index in [1.165, 1.54) is 24.1 Å². The van der Waals surface area contributed by atoms with Crippen LogP contribution in [0.4, 0.5) is 13.6 Å². The Labute approximate surface area is 219 Å². The van der Waals surface area contributed by atoms with Gasteiger partial charge in [-0.2, -0.15) is 0 Å². The van der Waals surface area contributed by atoms with Crippen LogP contribution >= 0.6 is 23.2 Å². The molecular weight excluding hydrogens is 505 g/mol. The molecule has 0 saturated carbocycles. The van der Waals surface area contributed by atoms with Gasteiger partial charge in [0.05, 0.1) is 6.04 Å². The Kier molecular flexibility index (Phi) is 7.98. The highest BCUT2D eigenvalue weighted by Gasteiger charge is 2.34. The molecule has 1 atom stereocenters. The third-order valence-electron chi connectivity index (χ3n) is 6.45. The van der Waals surface area contributed by atoms with Crippen LogP contribution in [0.25, 0.3) is 5.57 Å². The number of hydrogen-bond donors (Lipinski definition) is 1. The predicted octanol–water partition coefficient (Wildman–Crippen LogP) is 7.38. The number of carboxylic acid groups (broad SMARTS) is 1. The smallest absolute Gasteiger partial charge is 0.407 e. The summed E-state index contributed by atoms with van der Waals surface area (Å²) in [7, 11) is 1.48. The zero-order valence-electron chi connectivity index (χ0n) is 19.9. The molecule has 0 aromatic heterocycles. The summed E-state index contributed by atoms with van der Waals surface area (Å²) in [5, 5.41) is 10.6. The molecule has 1 saturated heterocycles. The molecule has 0 spiro atoms. The molecule has 8 heteroatoms. The monoisotopic (exact) mass is 530 g/mol. The summed E-state index contributed by atoms with van der Waals surface area (Å²) in [5.74, 6) is -1.61. The van der Waals surface area contributed by atoms with Gasteiger partial charge in [-0.15, -0.1) is 0 Å². The largest absolute Gasteiger partial charge is 0.465 e. The molecule has 188 valence electrons. The fourth-order valence-corrected chi connectivity index (χ4v) is 5.08. The summed E-state index contributed by atoms with van der Waals surface area (Å²) in [4.78, 5) is 14.9. The molecule has 0 radical (unpaired) electrons. The average molecular weight is 531 g/mol. The van der Waals surface area contributed by atoms with Crippen LogP contribution in [0.15, 0.2) is 72.3 Å². The molecule has 3 aromatic carbocycles. The topological polar surface area (TPSA) is 43.8 Å². The molecule has 4 rings (SSSR count). The van der Waals surface area contributed by atoms with Crippen molar-refractivity contribution in [3.8, 4) is 0 Å². The highest BCUT2D eigenvalue weighted by Crippen LogP contribution is 2.39. The molecule has 1 amide bonds. The summed E-state index contributed by atoms with van der Waals surface area (Å²) in [5.41, 5.74) is 4.32. The lowest BCUT2D eigenvalue weighted by molar-refractivity contribution is 0.152. The van der Waals surface area contributed by atoms with Crippen LogP contribution in [-0.4, -0.2) is 47.7 Å². The van der Waals surface area contributed by atoms with Gasteiger partial charge in [0.2, 0.25) is 0 Å². The van der Waals surface area contributed by atoms with E-state index in [1.54, 1.807) is 0 Å². The third kappa shape index (κ3) is 5.89. The minimum absolute atomic E-state index is 0.0780. The first kappa shape index (κ1) is 26.1. The third-order valence-corrected chi connectivity index (χ3v) is 6.95. The van der Waals surface area contributed by atoms with E-state index in [9.17, 15) is 18.7 Å². The number of halogens is 4. The van der Waals surface area contributed by atoms with Gasteiger partial charge in [0.15, 0.2) is 0 Å². The molecule has 1 aliphatic heterocycles. The standard InChI is InChI=1S/C28H26Cl2F2N2O2/c1-17(14-33(2)28(35)36)26(20-11-24(31)13-25(32)12-20)21-15-34(16-21)27(18-3-7-22(29)8-4-18)19-5-9-23(30)10-6-19/h3-13,17,27H,14-16H2,1-2H3,(H,35,36). The van der Waals surface area contributed by atoms with Gasteiger partial charge in [-0.05, 0) is 70.2 Å². The molecule has 3 aromatic rings. The number of amides is 1. The Hall–Kier alpha value is -2.93. The maximum Gasteiger partial charge on any atom is 0.407 e. The lowest BCUT2D eigenvalue weighted by atomic mass is 9.84. The molecule has 1 N–H and O–H groups in total. The van der Waals surface area contributed by atoms with Crippen molar-refractivity contribution >= 4 is 34.9 Å². The van der Waals surface area contributed by atoms with Gasteiger partial charge in [-0.25, -0.2) is 13.6 Å². The Morgan fingerprint density at radius 3 is 1.86 bits per heavy atom. The molecule has 0 aliphatic carbocycles. The van der Waals surface area contributed by atoms with E-state index in [2.05, 4.69) is 4.90 Å². The van der Waals surface area contributed by atoms with E-state index in [0.717, 1.165) is 28.3 Å². The van der Waals surface area contributed by atoms with E-state index in [-0.39, 0.29) is 18.5 Å². The van der Waals surface area contributed by atoms with E-state index in [4.69, 9.17) is 23.2 Å². The van der Waals surface area contributed by atoms with E-state index < -0.39 is 17.7 Å². The van der Waals surface area contributed by atoms with Crippen LogP contribution in [0.2, 0.25) is 10.0 Å². The highest BCUT2D eigenvalue weighted by molar-refractivity contribution is 6.30. The second kappa shape index (κ2) is 11.0. The number of carbonyl (C=O) groups is 1. The SMILES string of the molecule is CC(CN(C)C(=O)O)C(=C1CN(C(c2ccc(Cl)cc2)c2ccc(Cl)cc2)C1)c1cc(F)cc(F)c1. The molecule has 1 aliphatic rings. The summed E-state index contributed by atoms with van der Waals surface area (Å²) in [6.45, 7) is 3.20. The van der Waals surface area contributed by atoms with E-state index >= 15 is 0 Å². The van der Waals surface area contributed by atoms with E-state index in [0.29, 0.717) is 28.7 Å². The highest BCUT2D eigenvalue weighted by atomic mass is 35.5. The van der Waals surface area contributed by atoms with Gasteiger partial charge >= 0.3 is 6.09 Å². The van der Waals surface area contributed by atoms with Gasteiger partial charge in [-0.1, -0.05) is 54.4 Å². The van der Waals surface area contributed by atoms with Crippen molar-refractivity contribution in [1.82, 2.24) is 9.80 Å². The van der Waals surface area contributed by atoms with Crippen molar-refractivity contribution < 1.29 is 18.7 Å². The lowest BCUT2D eigenvalue weighted by Crippen LogP contribution is -2.44. The lowest BCUT2D eigenvalue weighted by Gasteiger charge is -2.43. The van der Waals surface area contributed by atoms with Crippen LogP contribution in [-0.2, 0) is 0 Å². The van der Waals surface area contributed by atoms with Crippen LogP contribution in [0.5, 0.6) is 0 Å². The van der Waals surface area contributed by atoms with Gasteiger partial charge in [0, 0.05) is 42.8 Å². The second-order valence-corrected chi connectivity index (χ2v) is 10.0.